The van der Waals surface area contributed by atoms with Gasteiger partial charge >= 0.3 is 56.9 Å². The third-order valence-corrected chi connectivity index (χ3v) is 9.37. The minimum Gasteiger partial charge on any atom is -0.480 e. The van der Waals surface area contributed by atoms with Gasteiger partial charge in [-0.15, -0.1) is 0 Å². The third-order valence-electron chi connectivity index (χ3n) is 7.05. The molecule has 0 fully saturated rings. The summed E-state index contributed by atoms with van der Waals surface area (Å²) >= 11 is 5.81. The van der Waals surface area contributed by atoms with Crippen LogP contribution in [0.3, 0.4) is 0 Å². The molecule has 3 aromatic carbocycles. The van der Waals surface area contributed by atoms with Crippen molar-refractivity contribution in [2.45, 2.75) is 31.2 Å². The molecule has 0 aliphatic rings. The van der Waals surface area contributed by atoms with E-state index in [0.717, 1.165) is 42.5 Å². The van der Waals surface area contributed by atoms with Crippen LogP contribution in [-0.2, 0) is 39.8 Å². The lowest BCUT2D eigenvalue weighted by atomic mass is 10.1. The molecule has 0 aliphatic carbocycles. The first-order chi connectivity index (χ1) is 32.4. The quantitative estimate of drug-likeness (QED) is 0.0201. The normalized spacial score (nSPS) is 11.2. The van der Waals surface area contributed by atoms with Gasteiger partial charge in [0.05, 0.1) is 46.6 Å². The van der Waals surface area contributed by atoms with Crippen LogP contribution in [0.1, 0.15) is 33.2 Å². The Hall–Kier alpha value is -7.45. The van der Waals surface area contributed by atoms with Crippen LogP contribution < -0.4 is 29.6 Å². The van der Waals surface area contributed by atoms with Gasteiger partial charge in [-0.3, -0.25) is 30.1 Å². The van der Waals surface area contributed by atoms with E-state index in [9.17, 15) is 77.8 Å². The number of carboxylic acid groups (broad SMARTS) is 2. The van der Waals surface area contributed by atoms with E-state index in [1.807, 2.05) is 0 Å². The van der Waals surface area contributed by atoms with Gasteiger partial charge in [0.15, 0.2) is 6.61 Å². The van der Waals surface area contributed by atoms with E-state index in [1.165, 1.54) is 23.8 Å². The van der Waals surface area contributed by atoms with Crippen LogP contribution in [0.25, 0.3) is 0 Å². The number of carboxylic acids is 2. The number of alkyl halides is 7. The van der Waals surface area contributed by atoms with E-state index in [0.29, 0.717) is 12.1 Å². The van der Waals surface area contributed by atoms with Gasteiger partial charge < -0.3 is 43.7 Å². The van der Waals surface area contributed by atoms with Gasteiger partial charge in [-0.1, -0.05) is 23.7 Å². The molecule has 0 aliphatic heterocycles. The van der Waals surface area contributed by atoms with Gasteiger partial charge in [0, 0.05) is 12.1 Å². The van der Waals surface area contributed by atoms with Crippen molar-refractivity contribution in [1.29, 1.82) is 0 Å². The summed E-state index contributed by atoms with van der Waals surface area (Å²) in [5.74, 6) is -7.96. The van der Waals surface area contributed by atoms with Gasteiger partial charge in [-0.25, -0.2) is 32.3 Å². The Bertz CT molecular complexity index is 2680. The van der Waals surface area contributed by atoms with E-state index in [4.69, 9.17) is 41.1 Å². The number of nitro groups is 1. The number of amides is 2. The predicted molar refractivity (Wildman–Crippen MR) is 217 cm³/mol. The highest BCUT2D eigenvalue weighted by molar-refractivity contribution is 7.90. The fourth-order valence-corrected chi connectivity index (χ4v) is 6.18. The molecular weight excluding hydrogens is 1040 g/mol. The monoisotopic (exact) mass is 1070 g/mol. The molecule has 35 heteroatoms. The van der Waals surface area contributed by atoms with Gasteiger partial charge in [0.2, 0.25) is 17.7 Å². The van der Waals surface area contributed by atoms with E-state index < -0.39 is 136 Å². The third kappa shape index (κ3) is 20.8. The lowest BCUT2D eigenvalue weighted by molar-refractivity contribution is -0.385. The zero-order valence-electron chi connectivity index (χ0n) is 34.5. The molecule has 7 N–H and O–H groups in total. The molecule has 382 valence electrons. The second-order valence-electron chi connectivity index (χ2n) is 12.2. The van der Waals surface area contributed by atoms with Crippen molar-refractivity contribution in [3.63, 3.8) is 0 Å². The topological polar surface area (TPSA) is 369 Å². The number of hydrogen-bond donors (Lipinski definition) is 7. The van der Waals surface area contributed by atoms with Crippen LogP contribution in [0.5, 0.6) is 23.3 Å². The smallest absolute Gasteiger partial charge is 0.416 e. The molecule has 0 saturated carbocycles. The Balaban J connectivity index is 0.000000402. The molecule has 0 saturated heterocycles. The van der Waals surface area contributed by atoms with Crippen LogP contribution in [0.4, 0.5) is 47.2 Å². The summed E-state index contributed by atoms with van der Waals surface area (Å²) < 4.78 is 146. The van der Waals surface area contributed by atoms with Gasteiger partial charge in [0.25, 0.3) is 15.7 Å². The number of urea groups is 1. The summed E-state index contributed by atoms with van der Waals surface area (Å²) in [7, 11) is -8.81. The number of nitrogens with zero attached hydrogens (tertiary/aromatic N) is 3. The summed E-state index contributed by atoms with van der Waals surface area (Å²) in [4.78, 5) is 88.8. The zero-order valence-corrected chi connectivity index (χ0v) is 36.9. The first kappa shape index (κ1) is 58.7. The Morgan fingerprint density at radius 1 is 0.886 bits per heavy atom. The molecule has 25 nitrogen and oxygen atoms in total. The van der Waals surface area contributed by atoms with Crippen molar-refractivity contribution in [3.8, 4) is 23.3 Å². The van der Waals surface area contributed by atoms with E-state index in [2.05, 4.69) is 29.5 Å². The molecule has 0 radical (unpaired) electrons. The molecule has 0 atom stereocenters. The van der Waals surface area contributed by atoms with Crippen molar-refractivity contribution in [2.24, 2.45) is 0 Å². The second-order valence-corrected chi connectivity index (χ2v) is 15.9. The summed E-state index contributed by atoms with van der Waals surface area (Å²) in [5.41, 5.74) is -2.81. The number of anilines is 1. The lowest BCUT2D eigenvalue weighted by Gasteiger charge is -2.12. The van der Waals surface area contributed by atoms with Crippen molar-refractivity contribution < 1.29 is 116 Å². The standard InChI is InChI=1S/C18H13ClF3NO7.C14H10F4N4O7S.C3H8NO5P/c1-2-28-16(24)9-29-17(25)12-8-11(4-5-14(12)23(26)27)30-15-6-3-10(7-13(15)19)18(20,21)22;15-11(16)28-8-5-9(29-12(17)18)20-13(19-8)21-14(25)22-30(26,27)7-4-2-1-3-6(7)10(23)24;5-3(6)1-4-2-10(7,8)9/h3-8H,2,9H2,1H3;1-5,11-12H,(H,23,24)(H2,19,20,21,22,25);4H,1-2H2,(H,5,6)(H2,7,8,9). The Morgan fingerprint density at radius 2 is 1.49 bits per heavy atom. The molecule has 70 heavy (non-hydrogen) atoms. The largest absolute Gasteiger partial charge is 0.480 e. The van der Waals surface area contributed by atoms with Crippen molar-refractivity contribution >= 4 is 70.8 Å². The SMILES string of the molecule is CCOC(=O)COC(=O)c1cc(Oc2ccc(C(F)(F)F)cc2Cl)ccc1[N+](=O)[O-].O=C(Nc1nc(OC(F)F)cc(OC(F)F)n1)NS(=O)(=O)c1ccccc1C(=O)O.O=C(O)CNCP(=O)(O)O. The fourth-order valence-electron chi connectivity index (χ4n) is 4.45. The molecule has 4 rings (SSSR count). The van der Waals surface area contributed by atoms with Crippen LogP contribution in [0, 0.1) is 10.1 Å². The summed E-state index contributed by atoms with van der Waals surface area (Å²) in [6, 6.07) is 8.58. The molecule has 2 amide bonds. The van der Waals surface area contributed by atoms with Crippen LogP contribution in [0.2, 0.25) is 5.02 Å². The summed E-state index contributed by atoms with van der Waals surface area (Å²) in [5, 5.41) is 31.6. The number of hydrogen-bond acceptors (Lipinski definition) is 18. The molecule has 0 bridgehead atoms. The van der Waals surface area contributed by atoms with Crippen molar-refractivity contribution in [1.82, 2.24) is 20.0 Å². The first-order valence-electron chi connectivity index (χ1n) is 18.0. The molecule has 1 heterocycles. The van der Waals surface area contributed by atoms with E-state index >= 15 is 0 Å². The number of aromatic carboxylic acids is 1. The average molecular weight is 1070 g/mol. The number of aliphatic carboxylic acids is 1. The maximum atomic E-state index is 12.7. The van der Waals surface area contributed by atoms with Crippen LogP contribution >= 0.6 is 19.2 Å². The number of nitro benzene ring substituents is 1. The van der Waals surface area contributed by atoms with Crippen molar-refractivity contribution in [2.75, 3.05) is 31.4 Å². The van der Waals surface area contributed by atoms with Gasteiger partial charge in [0.1, 0.15) is 22.0 Å². The highest BCUT2D eigenvalue weighted by Gasteiger charge is 2.31. The number of aromatic nitrogens is 2. The number of carbonyl (C=O) groups is 5. The highest BCUT2D eigenvalue weighted by atomic mass is 35.5. The van der Waals surface area contributed by atoms with Crippen molar-refractivity contribution in [3.05, 3.63) is 98.6 Å². The Labute approximate surface area is 390 Å². The Morgan fingerprint density at radius 3 is 1.99 bits per heavy atom. The molecule has 1 aromatic heterocycles. The molecule has 0 spiro atoms. The summed E-state index contributed by atoms with van der Waals surface area (Å²) in [6.07, 6.45) is -5.20. The number of esters is 2. The average Bonchev–Trinajstić information content (AvgIpc) is 3.22. The zero-order chi connectivity index (χ0) is 53.1. The van der Waals surface area contributed by atoms with E-state index in [1.54, 1.807) is 5.32 Å². The summed E-state index contributed by atoms with van der Waals surface area (Å²) in [6.45, 7) is -6.43. The van der Waals surface area contributed by atoms with E-state index in [-0.39, 0.29) is 23.1 Å². The van der Waals surface area contributed by atoms with Gasteiger partial charge in [-0.05, 0) is 43.3 Å². The minimum atomic E-state index is -4.71. The molecule has 4 aromatic rings. The number of ether oxygens (including phenoxy) is 5. The molecular formula is C35H31ClF7N6O19PS. The van der Waals surface area contributed by atoms with Gasteiger partial charge in [-0.2, -0.15) is 40.7 Å². The predicted octanol–water partition coefficient (Wildman–Crippen LogP) is 5.46. The fraction of sp³-hybridized carbons (Fsp3) is 0.229. The number of rotatable bonds is 19. The second kappa shape index (κ2) is 26.3. The minimum absolute atomic E-state index is 0.0493. The maximum absolute atomic E-state index is 12.7. The number of carbonyl (C=O) groups excluding carboxylic acids is 3. The number of benzene rings is 3. The Kier molecular flexibility index (Phi) is 22.1. The number of sulfonamides is 1. The molecule has 0 unspecified atom stereocenters. The lowest BCUT2D eigenvalue weighted by Crippen LogP contribution is -2.35. The number of nitrogens with one attached hydrogen (secondary N) is 3. The number of halogens is 8. The van der Waals surface area contributed by atoms with Crippen LogP contribution in [-0.4, -0.2) is 112 Å². The van der Waals surface area contributed by atoms with Crippen LogP contribution in [0.15, 0.2) is 71.6 Å². The highest BCUT2D eigenvalue weighted by Crippen LogP contribution is 2.37. The maximum Gasteiger partial charge on any atom is 0.416 e. The first-order valence-corrected chi connectivity index (χ1v) is 21.7.